The highest BCUT2D eigenvalue weighted by atomic mass is 79.9. The van der Waals surface area contributed by atoms with Crippen LogP contribution < -0.4 is 10.1 Å². The van der Waals surface area contributed by atoms with Crippen LogP contribution in [0.2, 0.25) is 0 Å². The number of nitrogens with one attached hydrogen (secondary N) is 1. The molecule has 0 spiro atoms. The molecule has 2 N–H and O–H groups in total. The monoisotopic (exact) mass is 634 g/mol. The number of aliphatic hydroxyl groups excluding tert-OH is 1. The average Bonchev–Trinajstić information content (AvgIpc) is 3.32. The summed E-state index contributed by atoms with van der Waals surface area (Å²) in [5.41, 5.74) is -1.55. The predicted molar refractivity (Wildman–Crippen MR) is 149 cm³/mol. The maximum absolute atomic E-state index is 14.0. The lowest BCUT2D eigenvalue weighted by atomic mass is 9.84. The summed E-state index contributed by atoms with van der Waals surface area (Å²) in [5.74, 6) is -0.927. The Kier molecular flexibility index (Phi) is 9.49. The number of alkyl halides is 3. The van der Waals surface area contributed by atoms with E-state index in [0.717, 1.165) is 16.6 Å². The van der Waals surface area contributed by atoms with Gasteiger partial charge in [0, 0.05) is 36.0 Å². The summed E-state index contributed by atoms with van der Waals surface area (Å²) in [4.78, 5) is 18.5. The van der Waals surface area contributed by atoms with Gasteiger partial charge in [0.25, 0.3) is 5.91 Å². The summed E-state index contributed by atoms with van der Waals surface area (Å²) in [6.07, 6.45) is -3.60. The Morgan fingerprint density at radius 2 is 1.85 bits per heavy atom. The van der Waals surface area contributed by atoms with Gasteiger partial charge in [-0.3, -0.25) is 4.79 Å². The highest BCUT2D eigenvalue weighted by Gasteiger charge is 2.52. The van der Waals surface area contributed by atoms with Gasteiger partial charge in [-0.1, -0.05) is 34.1 Å². The molecular formula is C30H27BrF4N2O4. The molecule has 3 aromatic carbocycles. The number of halogens is 5. The van der Waals surface area contributed by atoms with Crippen molar-refractivity contribution in [3.63, 3.8) is 0 Å². The molecule has 3 aromatic rings. The quantitative estimate of drug-likeness (QED) is 0.143. The van der Waals surface area contributed by atoms with Gasteiger partial charge in [-0.05, 0) is 65.7 Å². The van der Waals surface area contributed by atoms with Gasteiger partial charge in [-0.2, -0.15) is 13.2 Å². The van der Waals surface area contributed by atoms with E-state index in [9.17, 15) is 22.4 Å². The Morgan fingerprint density at radius 1 is 1.15 bits per heavy atom. The molecule has 11 heteroatoms. The van der Waals surface area contributed by atoms with Crippen molar-refractivity contribution in [3.05, 3.63) is 112 Å². The van der Waals surface area contributed by atoms with Gasteiger partial charge >= 0.3 is 6.18 Å². The Morgan fingerprint density at radius 3 is 2.49 bits per heavy atom. The SMILES string of the molecule is C=CC[C@@]1(C(=O)NCc2cc(F)cc(C(F)(F)F)c2)N=C(c2ccc(OCCCO)cc2)O[C@@H]1c1ccc(Br)cc1. The number of hydrogen-bond donors (Lipinski definition) is 2. The van der Waals surface area contributed by atoms with Gasteiger partial charge < -0.3 is 19.9 Å². The Labute approximate surface area is 242 Å². The fraction of sp³-hybridized carbons (Fsp3) is 0.267. The molecule has 1 heterocycles. The van der Waals surface area contributed by atoms with E-state index in [4.69, 9.17) is 19.6 Å². The van der Waals surface area contributed by atoms with Crippen LogP contribution in [0.5, 0.6) is 5.75 Å². The average molecular weight is 635 g/mol. The summed E-state index contributed by atoms with van der Waals surface area (Å²) >= 11 is 3.39. The number of aliphatic hydroxyl groups is 1. The maximum atomic E-state index is 14.0. The van der Waals surface area contributed by atoms with Crippen molar-refractivity contribution >= 4 is 27.7 Å². The van der Waals surface area contributed by atoms with Gasteiger partial charge in [0.05, 0.1) is 12.2 Å². The predicted octanol–water partition coefficient (Wildman–Crippen LogP) is 6.52. The lowest BCUT2D eigenvalue weighted by molar-refractivity contribution is -0.137. The van der Waals surface area contributed by atoms with Crippen LogP contribution in [0.3, 0.4) is 0 Å². The normalized spacial score (nSPS) is 18.4. The molecular weight excluding hydrogens is 608 g/mol. The Bertz CT molecular complexity index is 1410. The minimum atomic E-state index is -4.74. The summed E-state index contributed by atoms with van der Waals surface area (Å²) in [7, 11) is 0. The van der Waals surface area contributed by atoms with Gasteiger partial charge in [0.2, 0.25) is 5.90 Å². The highest BCUT2D eigenvalue weighted by Crippen LogP contribution is 2.43. The second-order valence-electron chi connectivity index (χ2n) is 9.36. The van der Waals surface area contributed by atoms with Crippen LogP contribution in [0.25, 0.3) is 0 Å². The van der Waals surface area contributed by atoms with Crippen molar-refractivity contribution in [2.45, 2.75) is 37.2 Å². The molecule has 0 radical (unpaired) electrons. The number of amides is 1. The molecule has 0 aromatic heterocycles. The first-order valence-corrected chi connectivity index (χ1v) is 13.5. The molecule has 2 atom stereocenters. The molecule has 1 aliphatic heterocycles. The molecule has 41 heavy (non-hydrogen) atoms. The molecule has 1 amide bonds. The number of ether oxygens (including phenoxy) is 2. The summed E-state index contributed by atoms with van der Waals surface area (Å²) in [6.45, 7) is 3.78. The Balaban J connectivity index is 1.67. The molecule has 0 fully saturated rings. The van der Waals surface area contributed by atoms with Crippen LogP contribution in [0, 0.1) is 5.82 Å². The van der Waals surface area contributed by atoms with E-state index < -0.39 is 35.1 Å². The van der Waals surface area contributed by atoms with E-state index in [2.05, 4.69) is 27.8 Å². The lowest BCUT2D eigenvalue weighted by Gasteiger charge is -2.29. The van der Waals surface area contributed by atoms with Crippen molar-refractivity contribution in [1.29, 1.82) is 0 Å². The van der Waals surface area contributed by atoms with E-state index in [1.165, 1.54) is 6.08 Å². The standard InChI is InChI=1S/C30H27BrF4N2O4/c1-2-12-29(28(39)36-18-19-15-22(30(33,34)35)17-24(32)16-19)26(20-4-8-23(31)9-5-20)41-27(37-29)21-6-10-25(11-7-21)40-14-3-13-38/h2,4-11,15-17,26,38H,1,3,12-14,18H2,(H,36,39)/t26-,29-/m1/s1. The number of aliphatic imine (C=N–C) groups is 1. The third kappa shape index (κ3) is 7.15. The fourth-order valence-corrected chi connectivity index (χ4v) is 4.69. The highest BCUT2D eigenvalue weighted by molar-refractivity contribution is 9.10. The van der Waals surface area contributed by atoms with Crippen molar-refractivity contribution in [2.24, 2.45) is 4.99 Å². The van der Waals surface area contributed by atoms with Crippen molar-refractivity contribution in [2.75, 3.05) is 13.2 Å². The van der Waals surface area contributed by atoms with Gasteiger partial charge in [0.15, 0.2) is 11.6 Å². The van der Waals surface area contributed by atoms with Crippen LogP contribution in [0.15, 0.2) is 88.9 Å². The molecule has 0 aliphatic carbocycles. The van der Waals surface area contributed by atoms with Crippen LogP contribution in [-0.4, -0.2) is 35.7 Å². The van der Waals surface area contributed by atoms with E-state index >= 15 is 0 Å². The van der Waals surface area contributed by atoms with Gasteiger partial charge in [-0.25, -0.2) is 9.38 Å². The number of nitrogens with zero attached hydrogens (tertiary/aromatic N) is 1. The number of rotatable bonds is 11. The first kappa shape index (κ1) is 30.3. The number of hydrogen-bond acceptors (Lipinski definition) is 5. The summed E-state index contributed by atoms with van der Waals surface area (Å²) in [6, 6.07) is 16.1. The second kappa shape index (κ2) is 12.9. The molecule has 6 nitrogen and oxygen atoms in total. The summed E-state index contributed by atoms with van der Waals surface area (Å²) in [5, 5.41) is 11.6. The number of carbonyl (C=O) groups excluding carboxylic acids is 1. The van der Waals surface area contributed by atoms with E-state index in [0.29, 0.717) is 36.0 Å². The Hall–Kier alpha value is -3.70. The number of carbonyl (C=O) groups is 1. The topological polar surface area (TPSA) is 80.2 Å². The van der Waals surface area contributed by atoms with E-state index in [-0.39, 0.29) is 31.0 Å². The zero-order valence-electron chi connectivity index (χ0n) is 21.8. The smallest absolute Gasteiger partial charge is 0.416 e. The zero-order chi connectivity index (χ0) is 29.6. The molecule has 0 saturated carbocycles. The molecule has 216 valence electrons. The van der Waals surface area contributed by atoms with Crippen molar-refractivity contribution in [3.8, 4) is 5.75 Å². The fourth-order valence-electron chi connectivity index (χ4n) is 4.42. The first-order valence-electron chi connectivity index (χ1n) is 12.7. The van der Waals surface area contributed by atoms with Crippen LogP contribution in [0.4, 0.5) is 17.6 Å². The first-order chi connectivity index (χ1) is 19.6. The number of benzene rings is 3. The maximum Gasteiger partial charge on any atom is 0.416 e. The van der Waals surface area contributed by atoms with Gasteiger partial charge in [-0.15, -0.1) is 6.58 Å². The van der Waals surface area contributed by atoms with Crippen molar-refractivity contribution in [1.82, 2.24) is 5.32 Å². The minimum absolute atomic E-state index is 0.0102. The molecule has 0 saturated heterocycles. The third-order valence-electron chi connectivity index (χ3n) is 6.40. The van der Waals surface area contributed by atoms with E-state index in [1.807, 2.05) is 0 Å². The van der Waals surface area contributed by atoms with E-state index in [1.54, 1.807) is 48.5 Å². The minimum Gasteiger partial charge on any atom is -0.494 e. The molecule has 0 unspecified atom stereocenters. The second-order valence-corrected chi connectivity index (χ2v) is 10.3. The largest absolute Gasteiger partial charge is 0.494 e. The van der Waals surface area contributed by atoms with Crippen LogP contribution in [0.1, 0.15) is 41.2 Å². The van der Waals surface area contributed by atoms with Crippen LogP contribution >= 0.6 is 15.9 Å². The third-order valence-corrected chi connectivity index (χ3v) is 6.92. The molecule has 1 aliphatic rings. The van der Waals surface area contributed by atoms with Crippen molar-refractivity contribution < 1.29 is 36.9 Å². The van der Waals surface area contributed by atoms with Crippen LogP contribution in [-0.2, 0) is 22.3 Å². The molecule has 4 rings (SSSR count). The zero-order valence-corrected chi connectivity index (χ0v) is 23.3. The lowest BCUT2D eigenvalue weighted by Crippen LogP contribution is -2.47. The summed E-state index contributed by atoms with van der Waals surface area (Å²) < 4.78 is 66.2. The van der Waals surface area contributed by atoms with Gasteiger partial charge in [0.1, 0.15) is 11.6 Å². The molecule has 0 bridgehead atoms.